The van der Waals surface area contributed by atoms with Crippen molar-refractivity contribution < 1.29 is 9.59 Å². The van der Waals surface area contributed by atoms with Crippen LogP contribution in [0.3, 0.4) is 0 Å². The van der Waals surface area contributed by atoms with Gasteiger partial charge in [-0.05, 0) is 37.0 Å². The molecule has 0 spiro atoms. The average molecular weight is 368 g/mol. The van der Waals surface area contributed by atoms with Crippen LogP contribution in [0.2, 0.25) is 0 Å². The van der Waals surface area contributed by atoms with Crippen molar-refractivity contribution in [3.63, 3.8) is 0 Å². The minimum atomic E-state index is -0.246. The summed E-state index contributed by atoms with van der Waals surface area (Å²) in [6, 6.07) is 7.17. The van der Waals surface area contributed by atoms with Crippen molar-refractivity contribution in [3.05, 3.63) is 34.3 Å². The van der Waals surface area contributed by atoms with E-state index < -0.39 is 0 Å². The van der Waals surface area contributed by atoms with Gasteiger partial charge in [-0.25, -0.2) is 0 Å². The van der Waals surface area contributed by atoms with Crippen LogP contribution in [-0.4, -0.2) is 42.4 Å². The molecule has 0 saturated carbocycles. The van der Waals surface area contributed by atoms with E-state index in [1.54, 1.807) is 23.1 Å². The van der Waals surface area contributed by atoms with Gasteiger partial charge in [-0.15, -0.1) is 0 Å². The molecule has 1 aliphatic rings. The molecule has 22 heavy (non-hydrogen) atoms. The maximum Gasteiger partial charge on any atom is 0.251 e. The van der Waals surface area contributed by atoms with Crippen LogP contribution in [0.1, 0.15) is 30.1 Å². The lowest BCUT2D eigenvalue weighted by atomic mass is 9.92. The standard InChI is InChI=1S/C16H22BrN3O2/c1-11-5-6-20(14(7-11)9-18)15(21)10-19-16(22)12-3-2-4-13(17)8-12/h2-4,8,11,14H,5-7,9-10,18H2,1H3,(H,19,22). The SMILES string of the molecule is CC1CCN(C(=O)CNC(=O)c2cccc(Br)c2)C(CN)C1. The van der Waals surface area contributed by atoms with Crippen LogP contribution < -0.4 is 11.1 Å². The maximum absolute atomic E-state index is 12.3. The highest BCUT2D eigenvalue weighted by Gasteiger charge is 2.28. The van der Waals surface area contributed by atoms with Gasteiger partial charge in [-0.3, -0.25) is 9.59 Å². The van der Waals surface area contributed by atoms with Crippen molar-refractivity contribution in [2.24, 2.45) is 11.7 Å². The molecule has 2 atom stereocenters. The quantitative estimate of drug-likeness (QED) is 0.851. The van der Waals surface area contributed by atoms with Crippen LogP contribution in [-0.2, 0) is 4.79 Å². The average Bonchev–Trinajstić information content (AvgIpc) is 2.52. The fourth-order valence-electron chi connectivity index (χ4n) is 2.79. The zero-order chi connectivity index (χ0) is 16.1. The van der Waals surface area contributed by atoms with Gasteiger partial charge in [-0.2, -0.15) is 0 Å². The van der Waals surface area contributed by atoms with Crippen molar-refractivity contribution in [1.29, 1.82) is 0 Å². The Labute approximate surface area is 139 Å². The maximum atomic E-state index is 12.3. The first kappa shape index (κ1) is 17.0. The first-order valence-electron chi connectivity index (χ1n) is 7.54. The van der Waals surface area contributed by atoms with E-state index in [4.69, 9.17) is 5.73 Å². The number of hydrogen-bond acceptors (Lipinski definition) is 3. The van der Waals surface area contributed by atoms with E-state index in [-0.39, 0.29) is 24.4 Å². The molecule has 1 aliphatic heterocycles. The van der Waals surface area contributed by atoms with Crippen LogP contribution in [0.5, 0.6) is 0 Å². The zero-order valence-electron chi connectivity index (χ0n) is 12.7. The Morgan fingerprint density at radius 3 is 2.91 bits per heavy atom. The molecule has 1 saturated heterocycles. The zero-order valence-corrected chi connectivity index (χ0v) is 14.3. The summed E-state index contributed by atoms with van der Waals surface area (Å²) in [7, 11) is 0. The predicted octanol–water partition coefficient (Wildman–Crippen LogP) is 1.76. The van der Waals surface area contributed by atoms with Crippen molar-refractivity contribution in [2.45, 2.75) is 25.8 Å². The highest BCUT2D eigenvalue weighted by atomic mass is 79.9. The molecule has 1 fully saturated rings. The van der Waals surface area contributed by atoms with Crippen molar-refractivity contribution in [2.75, 3.05) is 19.6 Å². The highest BCUT2D eigenvalue weighted by molar-refractivity contribution is 9.10. The van der Waals surface area contributed by atoms with E-state index in [1.807, 2.05) is 6.07 Å². The van der Waals surface area contributed by atoms with E-state index >= 15 is 0 Å². The van der Waals surface area contributed by atoms with Gasteiger partial charge in [0.05, 0.1) is 6.54 Å². The van der Waals surface area contributed by atoms with Gasteiger partial charge >= 0.3 is 0 Å². The molecule has 3 N–H and O–H groups in total. The van der Waals surface area contributed by atoms with Gasteiger partial charge in [-0.1, -0.05) is 28.9 Å². The van der Waals surface area contributed by atoms with Crippen molar-refractivity contribution in [1.82, 2.24) is 10.2 Å². The Bertz CT molecular complexity index is 550. The van der Waals surface area contributed by atoms with Gasteiger partial charge in [0.25, 0.3) is 5.91 Å². The van der Waals surface area contributed by atoms with E-state index in [0.29, 0.717) is 24.6 Å². The molecule has 2 unspecified atom stereocenters. The lowest BCUT2D eigenvalue weighted by Gasteiger charge is -2.38. The van der Waals surface area contributed by atoms with Gasteiger partial charge in [0.15, 0.2) is 0 Å². The normalized spacial score (nSPS) is 21.5. The summed E-state index contributed by atoms with van der Waals surface area (Å²) in [5.41, 5.74) is 6.30. The van der Waals surface area contributed by atoms with Crippen molar-refractivity contribution in [3.8, 4) is 0 Å². The molecule has 1 aromatic rings. The largest absolute Gasteiger partial charge is 0.343 e. The van der Waals surface area contributed by atoms with E-state index in [2.05, 4.69) is 28.2 Å². The lowest BCUT2D eigenvalue weighted by Crippen LogP contribution is -2.52. The second kappa shape index (κ2) is 7.74. The van der Waals surface area contributed by atoms with Crippen LogP contribution in [0, 0.1) is 5.92 Å². The summed E-state index contributed by atoms with van der Waals surface area (Å²) < 4.78 is 0.833. The third-order valence-corrected chi connectivity index (χ3v) is 4.55. The molecule has 1 heterocycles. The molecule has 2 amide bonds. The van der Waals surface area contributed by atoms with E-state index in [1.165, 1.54) is 0 Å². The summed E-state index contributed by atoms with van der Waals surface area (Å²) in [5.74, 6) is 0.281. The van der Waals surface area contributed by atoms with Gasteiger partial charge in [0, 0.05) is 29.2 Å². The molecule has 0 bridgehead atoms. The second-order valence-electron chi connectivity index (χ2n) is 5.80. The minimum Gasteiger partial charge on any atom is -0.343 e. The highest BCUT2D eigenvalue weighted by Crippen LogP contribution is 2.21. The number of carbonyl (C=O) groups excluding carboxylic acids is 2. The molecular weight excluding hydrogens is 346 g/mol. The molecule has 0 aliphatic carbocycles. The number of halogens is 1. The topological polar surface area (TPSA) is 75.4 Å². The number of likely N-dealkylation sites (tertiary alicyclic amines) is 1. The van der Waals surface area contributed by atoms with E-state index in [9.17, 15) is 9.59 Å². The number of hydrogen-bond donors (Lipinski definition) is 2. The van der Waals surface area contributed by atoms with Gasteiger partial charge in [0.2, 0.25) is 5.91 Å². The number of carbonyl (C=O) groups is 2. The molecular formula is C16H22BrN3O2. The molecule has 5 nitrogen and oxygen atoms in total. The summed E-state index contributed by atoms with van der Waals surface area (Å²) in [4.78, 5) is 26.2. The Hall–Kier alpha value is -1.40. The fourth-order valence-corrected chi connectivity index (χ4v) is 3.19. The lowest BCUT2D eigenvalue weighted by molar-refractivity contribution is -0.134. The predicted molar refractivity (Wildman–Crippen MR) is 89.4 cm³/mol. The Kier molecular flexibility index (Phi) is 5.97. The molecule has 0 radical (unpaired) electrons. The van der Waals surface area contributed by atoms with Gasteiger partial charge < -0.3 is 16.0 Å². The number of amides is 2. The monoisotopic (exact) mass is 367 g/mol. The molecule has 2 rings (SSSR count). The Morgan fingerprint density at radius 2 is 2.23 bits per heavy atom. The van der Waals surface area contributed by atoms with Crippen LogP contribution in [0.15, 0.2) is 28.7 Å². The first-order chi connectivity index (χ1) is 10.5. The number of nitrogens with two attached hydrogens (primary N) is 1. The van der Waals surface area contributed by atoms with Crippen LogP contribution in [0.25, 0.3) is 0 Å². The van der Waals surface area contributed by atoms with E-state index in [0.717, 1.165) is 17.3 Å². The summed E-state index contributed by atoms with van der Waals surface area (Å²) in [6.45, 7) is 3.38. The Balaban J connectivity index is 1.90. The third-order valence-electron chi connectivity index (χ3n) is 4.06. The first-order valence-corrected chi connectivity index (χ1v) is 8.34. The molecule has 0 aromatic heterocycles. The number of benzene rings is 1. The van der Waals surface area contributed by atoms with Crippen LogP contribution >= 0.6 is 15.9 Å². The summed E-state index contributed by atoms with van der Waals surface area (Å²) >= 11 is 3.33. The second-order valence-corrected chi connectivity index (χ2v) is 6.71. The Morgan fingerprint density at radius 1 is 1.45 bits per heavy atom. The fraction of sp³-hybridized carbons (Fsp3) is 0.500. The number of piperidine rings is 1. The molecule has 6 heteroatoms. The smallest absolute Gasteiger partial charge is 0.251 e. The van der Waals surface area contributed by atoms with Gasteiger partial charge in [0.1, 0.15) is 0 Å². The number of nitrogens with zero attached hydrogens (tertiary/aromatic N) is 1. The van der Waals surface area contributed by atoms with Crippen molar-refractivity contribution >= 4 is 27.7 Å². The molecule has 1 aromatic carbocycles. The third kappa shape index (κ3) is 4.30. The summed E-state index contributed by atoms with van der Waals surface area (Å²) in [6.07, 6.45) is 1.92. The summed E-state index contributed by atoms with van der Waals surface area (Å²) in [5, 5.41) is 2.69. The number of nitrogens with one attached hydrogen (secondary N) is 1. The molecule has 120 valence electrons. The van der Waals surface area contributed by atoms with Crippen LogP contribution in [0.4, 0.5) is 0 Å². The minimum absolute atomic E-state index is 0.0101. The number of rotatable bonds is 4.